The lowest BCUT2D eigenvalue weighted by molar-refractivity contribution is -0.380. The maximum absolute atomic E-state index is 5.52. The molecule has 0 unspecified atom stereocenters. The molecule has 0 bridgehead atoms. The molecule has 1 rings (SSSR count). The zero-order valence-corrected chi connectivity index (χ0v) is 12.2. The largest absolute Gasteiger partial charge is 0.349 e. The van der Waals surface area contributed by atoms with Gasteiger partial charge in [-0.1, -0.05) is 41.9 Å². The number of hydrogen-bond donors (Lipinski definition) is 0. The number of nitrogens with zero attached hydrogens (tertiary/aromatic N) is 1. The number of benzene rings is 1. The van der Waals surface area contributed by atoms with Crippen LogP contribution in [0.3, 0.4) is 0 Å². The molecule has 0 heterocycles. The monoisotopic (exact) mass is 265 g/mol. The molecule has 106 valence electrons. The smallest absolute Gasteiger partial charge is 0.332 e. The molecule has 0 fully saturated rings. The lowest BCUT2D eigenvalue weighted by atomic mass is 10.2. The third-order valence-electron chi connectivity index (χ3n) is 2.63. The van der Waals surface area contributed by atoms with Crippen LogP contribution < -0.4 is 0 Å². The summed E-state index contributed by atoms with van der Waals surface area (Å²) in [6, 6.07) is 8.02. The van der Waals surface area contributed by atoms with Gasteiger partial charge in [0.2, 0.25) is 0 Å². The van der Waals surface area contributed by atoms with E-state index in [1.165, 1.54) is 5.56 Å². The standard InChI is InChI=1S/C15H23NO3/c1-5-15(17-6-2,18-7-3)19-16-12-14-10-8-13(4)9-11-14/h8-12H,5-7H2,1-4H3/b16-12+. The summed E-state index contributed by atoms with van der Waals surface area (Å²) in [5.74, 6) is -1.08. The highest BCUT2D eigenvalue weighted by molar-refractivity contribution is 5.79. The van der Waals surface area contributed by atoms with Crippen LogP contribution in [-0.2, 0) is 14.3 Å². The van der Waals surface area contributed by atoms with Crippen molar-refractivity contribution in [2.45, 2.75) is 40.1 Å². The molecule has 0 spiro atoms. The summed E-state index contributed by atoms with van der Waals surface area (Å²) in [6.07, 6.45) is 2.22. The van der Waals surface area contributed by atoms with Crippen LogP contribution in [-0.4, -0.2) is 25.4 Å². The quantitative estimate of drug-likeness (QED) is 0.410. The zero-order chi connectivity index (χ0) is 14.1. The van der Waals surface area contributed by atoms with Crippen molar-refractivity contribution in [2.24, 2.45) is 5.16 Å². The van der Waals surface area contributed by atoms with Gasteiger partial charge in [-0.05, 0) is 26.3 Å². The second-order valence-corrected chi connectivity index (χ2v) is 4.14. The SMILES string of the molecule is CCOC(CC)(OCC)O/N=C/c1ccc(C)cc1. The van der Waals surface area contributed by atoms with E-state index < -0.39 is 5.97 Å². The fraction of sp³-hybridized carbons (Fsp3) is 0.533. The van der Waals surface area contributed by atoms with Crippen molar-refractivity contribution >= 4 is 6.21 Å². The second kappa shape index (κ2) is 7.92. The number of ether oxygens (including phenoxy) is 2. The van der Waals surface area contributed by atoms with Gasteiger partial charge in [0.25, 0.3) is 0 Å². The second-order valence-electron chi connectivity index (χ2n) is 4.14. The number of aryl methyl sites for hydroxylation is 1. The van der Waals surface area contributed by atoms with Gasteiger partial charge < -0.3 is 14.3 Å². The predicted molar refractivity (Wildman–Crippen MR) is 76.1 cm³/mol. The van der Waals surface area contributed by atoms with Crippen molar-refractivity contribution in [1.29, 1.82) is 0 Å². The first kappa shape index (κ1) is 15.7. The molecule has 0 N–H and O–H groups in total. The van der Waals surface area contributed by atoms with Crippen LogP contribution in [0.15, 0.2) is 29.4 Å². The summed E-state index contributed by atoms with van der Waals surface area (Å²) in [4.78, 5) is 5.42. The molecule has 0 aliphatic heterocycles. The van der Waals surface area contributed by atoms with E-state index in [1.54, 1.807) is 6.21 Å². The van der Waals surface area contributed by atoms with E-state index in [2.05, 4.69) is 5.16 Å². The predicted octanol–water partition coefficient (Wildman–Crippen LogP) is 3.48. The Morgan fingerprint density at radius 3 is 2.11 bits per heavy atom. The molecule has 4 heteroatoms. The van der Waals surface area contributed by atoms with Crippen LogP contribution in [0.25, 0.3) is 0 Å². The maximum Gasteiger partial charge on any atom is 0.349 e. The minimum absolute atomic E-state index is 0.508. The summed E-state index contributed by atoms with van der Waals surface area (Å²) < 4.78 is 11.0. The Balaban J connectivity index is 2.66. The van der Waals surface area contributed by atoms with E-state index in [9.17, 15) is 0 Å². The first-order valence-electron chi connectivity index (χ1n) is 6.72. The summed E-state index contributed by atoms with van der Waals surface area (Å²) >= 11 is 0. The summed E-state index contributed by atoms with van der Waals surface area (Å²) in [7, 11) is 0. The third kappa shape index (κ3) is 5.01. The lowest BCUT2D eigenvalue weighted by Gasteiger charge is -2.28. The highest BCUT2D eigenvalue weighted by Gasteiger charge is 2.32. The molecular weight excluding hydrogens is 242 g/mol. The van der Waals surface area contributed by atoms with Gasteiger partial charge in [-0.15, -0.1) is 0 Å². The van der Waals surface area contributed by atoms with E-state index in [0.717, 1.165) is 5.56 Å². The van der Waals surface area contributed by atoms with Gasteiger partial charge in [0.15, 0.2) is 0 Å². The van der Waals surface area contributed by atoms with Crippen molar-refractivity contribution in [2.75, 3.05) is 13.2 Å². The average Bonchev–Trinajstić information content (AvgIpc) is 2.41. The molecule has 0 aromatic heterocycles. The molecule has 1 aromatic rings. The highest BCUT2D eigenvalue weighted by Crippen LogP contribution is 2.20. The van der Waals surface area contributed by atoms with Gasteiger partial charge in [0, 0.05) is 6.42 Å². The summed E-state index contributed by atoms with van der Waals surface area (Å²) in [5.41, 5.74) is 2.19. The Labute approximate surface area is 115 Å². The van der Waals surface area contributed by atoms with E-state index >= 15 is 0 Å². The van der Waals surface area contributed by atoms with Gasteiger partial charge in [-0.25, -0.2) is 0 Å². The molecule has 0 saturated heterocycles. The first-order chi connectivity index (χ1) is 9.15. The summed E-state index contributed by atoms with van der Waals surface area (Å²) in [5, 5.41) is 3.98. The minimum Gasteiger partial charge on any atom is -0.332 e. The van der Waals surface area contributed by atoms with Crippen LogP contribution in [0, 0.1) is 6.92 Å². The molecule has 0 aliphatic rings. The number of hydrogen-bond acceptors (Lipinski definition) is 4. The molecule has 0 atom stereocenters. The molecule has 0 radical (unpaired) electrons. The fourth-order valence-corrected chi connectivity index (χ4v) is 1.62. The molecule has 0 saturated carbocycles. The Kier molecular flexibility index (Phi) is 6.53. The van der Waals surface area contributed by atoms with Crippen LogP contribution >= 0.6 is 0 Å². The molecule has 0 amide bonds. The maximum atomic E-state index is 5.52. The molecule has 19 heavy (non-hydrogen) atoms. The van der Waals surface area contributed by atoms with Gasteiger partial charge in [0.1, 0.15) is 0 Å². The lowest BCUT2D eigenvalue weighted by Crippen LogP contribution is -2.37. The van der Waals surface area contributed by atoms with Crippen LogP contribution in [0.5, 0.6) is 0 Å². The van der Waals surface area contributed by atoms with Crippen molar-refractivity contribution < 1.29 is 14.3 Å². The van der Waals surface area contributed by atoms with Gasteiger partial charge in [0.05, 0.1) is 19.4 Å². The highest BCUT2D eigenvalue weighted by atomic mass is 16.9. The van der Waals surface area contributed by atoms with Crippen molar-refractivity contribution in [3.8, 4) is 0 Å². The Hall–Kier alpha value is -1.39. The topological polar surface area (TPSA) is 40.0 Å². The van der Waals surface area contributed by atoms with Gasteiger partial charge in [-0.2, -0.15) is 0 Å². The minimum atomic E-state index is -1.08. The molecule has 4 nitrogen and oxygen atoms in total. The van der Waals surface area contributed by atoms with Gasteiger partial charge >= 0.3 is 5.97 Å². The third-order valence-corrected chi connectivity index (χ3v) is 2.63. The van der Waals surface area contributed by atoms with Crippen molar-refractivity contribution in [3.63, 3.8) is 0 Å². The van der Waals surface area contributed by atoms with E-state index in [-0.39, 0.29) is 0 Å². The average molecular weight is 265 g/mol. The Morgan fingerprint density at radius 2 is 1.63 bits per heavy atom. The normalized spacial score (nSPS) is 12.0. The molecule has 1 aromatic carbocycles. The van der Waals surface area contributed by atoms with E-state index in [1.807, 2.05) is 52.0 Å². The first-order valence-corrected chi connectivity index (χ1v) is 6.72. The zero-order valence-electron chi connectivity index (χ0n) is 12.2. The number of oxime groups is 1. The van der Waals surface area contributed by atoms with E-state index in [0.29, 0.717) is 19.6 Å². The van der Waals surface area contributed by atoms with Crippen molar-refractivity contribution in [1.82, 2.24) is 0 Å². The van der Waals surface area contributed by atoms with E-state index in [4.69, 9.17) is 14.3 Å². The fourth-order valence-electron chi connectivity index (χ4n) is 1.62. The van der Waals surface area contributed by atoms with Crippen LogP contribution in [0.2, 0.25) is 0 Å². The Bertz CT molecular complexity index is 381. The van der Waals surface area contributed by atoms with Crippen LogP contribution in [0.1, 0.15) is 38.3 Å². The van der Waals surface area contributed by atoms with Gasteiger partial charge in [-0.3, -0.25) is 0 Å². The Morgan fingerprint density at radius 1 is 1.05 bits per heavy atom. The number of rotatable bonds is 8. The summed E-state index contributed by atoms with van der Waals surface area (Å²) in [6.45, 7) is 8.80. The van der Waals surface area contributed by atoms with Crippen LogP contribution in [0.4, 0.5) is 0 Å². The van der Waals surface area contributed by atoms with Crippen molar-refractivity contribution in [3.05, 3.63) is 35.4 Å². The molecule has 0 aliphatic carbocycles. The molecular formula is C15H23NO3.